The molecule has 7 nitrogen and oxygen atoms in total. The minimum atomic E-state index is -1.02. The van der Waals surface area contributed by atoms with Crippen molar-refractivity contribution in [1.29, 1.82) is 5.26 Å². The number of rotatable bonds is 12. The van der Waals surface area contributed by atoms with E-state index in [1.54, 1.807) is 6.08 Å². The van der Waals surface area contributed by atoms with Gasteiger partial charge in [-0.15, -0.1) is 0 Å². The van der Waals surface area contributed by atoms with E-state index in [2.05, 4.69) is 36.1 Å². The van der Waals surface area contributed by atoms with Gasteiger partial charge in [-0.2, -0.15) is 15.2 Å². The Morgan fingerprint density at radius 3 is 2.69 bits per heavy atom. The lowest BCUT2D eigenvalue weighted by molar-refractivity contribution is -0.131. The van der Waals surface area contributed by atoms with Crippen LogP contribution < -0.4 is 9.64 Å². The molecule has 1 aliphatic heterocycles. The summed E-state index contributed by atoms with van der Waals surface area (Å²) >= 11 is 6.27. The fourth-order valence-electron chi connectivity index (χ4n) is 4.31. The van der Waals surface area contributed by atoms with Crippen molar-refractivity contribution in [3.05, 3.63) is 59.1 Å². The molecule has 0 bridgehead atoms. The molecule has 1 fully saturated rings. The molecule has 1 saturated heterocycles. The van der Waals surface area contributed by atoms with Crippen LogP contribution in [0.3, 0.4) is 0 Å². The summed E-state index contributed by atoms with van der Waals surface area (Å²) in [5.74, 6) is -1.05. The Morgan fingerprint density at radius 1 is 1.36 bits per heavy atom. The number of nitrogens with zero attached hydrogens (tertiary/aromatic N) is 5. The predicted octanol–water partition coefficient (Wildman–Crippen LogP) is 5.43. The van der Waals surface area contributed by atoms with Crippen LogP contribution in [0.5, 0.6) is 6.01 Å². The van der Waals surface area contributed by atoms with E-state index in [9.17, 15) is 14.4 Å². The summed E-state index contributed by atoms with van der Waals surface area (Å²) in [6, 6.07) is 1.91. The van der Waals surface area contributed by atoms with E-state index in [-0.39, 0.29) is 19.0 Å². The number of methoxy groups -OCH3 is 1. The Kier molecular flexibility index (Phi) is 11.6. The van der Waals surface area contributed by atoms with Crippen LogP contribution in [0.25, 0.3) is 0 Å². The summed E-state index contributed by atoms with van der Waals surface area (Å²) in [4.78, 5) is 25.1. The number of carbonyl (C=O) groups excluding carboxylic acids is 1. The van der Waals surface area contributed by atoms with Gasteiger partial charge in [-0.1, -0.05) is 56.3 Å². The largest absolute Gasteiger partial charge is 0.467 e. The Morgan fingerprint density at radius 2 is 2.11 bits per heavy atom. The molecule has 1 amide bonds. The number of allylic oxidation sites excluding steroid dienone is 5. The zero-order chi connectivity index (χ0) is 26.7. The quantitative estimate of drug-likeness (QED) is 0.273. The number of carbonyl (C=O) groups is 1. The van der Waals surface area contributed by atoms with Gasteiger partial charge in [0.1, 0.15) is 5.82 Å². The van der Waals surface area contributed by atoms with Gasteiger partial charge in [0.15, 0.2) is 5.83 Å². The number of amides is 1. The second-order valence-corrected chi connectivity index (χ2v) is 9.15. The van der Waals surface area contributed by atoms with Crippen molar-refractivity contribution in [2.75, 3.05) is 31.6 Å². The summed E-state index contributed by atoms with van der Waals surface area (Å²) in [5.41, 5.74) is 2.98. The first-order chi connectivity index (χ1) is 17.3. The standard InChI is InChI=1S/C27H35ClFN5O2/c1-6-8-11-21(19(3)28)12-9-13-24-23(10-7-2)25(32-27(31-24)36-5)33-16-17-34(26(35)20(4)29)22(18-33)14-15-30/h6,8,11,22H,1,4,7,9-10,12-14,16-18H2,2-3,5H3/b11-8-,21-19-. The molecule has 0 saturated carbocycles. The molecule has 0 N–H and O–H groups in total. The monoisotopic (exact) mass is 515 g/mol. The highest BCUT2D eigenvalue weighted by atomic mass is 35.5. The maximum atomic E-state index is 13.6. The van der Waals surface area contributed by atoms with Crippen LogP contribution in [0.1, 0.15) is 50.8 Å². The van der Waals surface area contributed by atoms with Crippen molar-refractivity contribution in [2.24, 2.45) is 0 Å². The van der Waals surface area contributed by atoms with Gasteiger partial charge in [0, 0.05) is 30.2 Å². The number of nitriles is 1. The van der Waals surface area contributed by atoms with E-state index in [0.29, 0.717) is 19.5 Å². The third-order valence-corrected chi connectivity index (χ3v) is 6.31. The number of anilines is 1. The van der Waals surface area contributed by atoms with Crippen LogP contribution in [0, 0.1) is 11.3 Å². The maximum Gasteiger partial charge on any atom is 0.318 e. The van der Waals surface area contributed by atoms with E-state index >= 15 is 0 Å². The number of ether oxygens (including phenoxy) is 1. The average molecular weight is 516 g/mol. The summed E-state index contributed by atoms with van der Waals surface area (Å²) in [5, 5.41) is 10.1. The average Bonchev–Trinajstić information content (AvgIpc) is 2.86. The highest BCUT2D eigenvalue weighted by molar-refractivity contribution is 6.29. The summed E-state index contributed by atoms with van der Waals surface area (Å²) in [7, 11) is 1.53. The van der Waals surface area contributed by atoms with E-state index in [4.69, 9.17) is 16.3 Å². The molecule has 2 heterocycles. The smallest absolute Gasteiger partial charge is 0.318 e. The zero-order valence-corrected chi connectivity index (χ0v) is 22.2. The minimum absolute atomic E-state index is 0.0822. The van der Waals surface area contributed by atoms with Crippen molar-refractivity contribution >= 4 is 23.3 Å². The number of piperazine rings is 1. The molecular weight excluding hydrogens is 481 g/mol. The number of hydrogen-bond donors (Lipinski definition) is 0. The molecule has 0 radical (unpaired) electrons. The van der Waals surface area contributed by atoms with Crippen molar-refractivity contribution < 1.29 is 13.9 Å². The number of aryl methyl sites for hydroxylation is 1. The lowest BCUT2D eigenvalue weighted by atomic mass is 10.0. The lowest BCUT2D eigenvalue weighted by Crippen LogP contribution is -2.55. The first kappa shape index (κ1) is 29.1. The van der Waals surface area contributed by atoms with Gasteiger partial charge in [-0.3, -0.25) is 4.79 Å². The molecule has 194 valence electrons. The van der Waals surface area contributed by atoms with Crippen molar-refractivity contribution in [1.82, 2.24) is 14.9 Å². The van der Waals surface area contributed by atoms with Gasteiger partial charge in [0.05, 0.1) is 31.3 Å². The Balaban J connectivity index is 2.36. The van der Waals surface area contributed by atoms with E-state index in [1.165, 1.54) is 12.0 Å². The second kappa shape index (κ2) is 14.4. The van der Waals surface area contributed by atoms with Crippen LogP contribution in [-0.2, 0) is 17.6 Å². The van der Waals surface area contributed by atoms with Gasteiger partial charge in [-0.05, 0) is 38.2 Å². The van der Waals surface area contributed by atoms with Crippen molar-refractivity contribution in [3.63, 3.8) is 0 Å². The summed E-state index contributed by atoms with van der Waals surface area (Å²) in [6.45, 7) is 11.9. The second-order valence-electron chi connectivity index (χ2n) is 8.58. The van der Waals surface area contributed by atoms with Crippen molar-refractivity contribution in [3.8, 4) is 12.1 Å². The normalized spacial score (nSPS) is 16.5. The van der Waals surface area contributed by atoms with Crippen LogP contribution >= 0.6 is 11.6 Å². The molecule has 0 spiro atoms. The van der Waals surface area contributed by atoms with Gasteiger partial charge in [0.2, 0.25) is 0 Å². The van der Waals surface area contributed by atoms with Crippen LogP contribution in [-0.4, -0.2) is 53.6 Å². The van der Waals surface area contributed by atoms with E-state index in [1.807, 2.05) is 24.0 Å². The third kappa shape index (κ3) is 7.66. The highest BCUT2D eigenvalue weighted by Gasteiger charge is 2.33. The summed E-state index contributed by atoms with van der Waals surface area (Å²) < 4.78 is 19.0. The molecule has 1 aromatic heterocycles. The molecular formula is C27H35ClFN5O2. The molecule has 1 atom stereocenters. The van der Waals surface area contributed by atoms with Gasteiger partial charge >= 0.3 is 6.01 Å². The maximum absolute atomic E-state index is 13.6. The zero-order valence-electron chi connectivity index (χ0n) is 21.4. The lowest BCUT2D eigenvalue weighted by Gasteiger charge is -2.41. The van der Waals surface area contributed by atoms with E-state index in [0.717, 1.165) is 53.4 Å². The number of hydrogen-bond acceptors (Lipinski definition) is 6. The SMILES string of the molecule is C=C/C=C\C(CCCc1nc(OC)nc(N2CCN(C(=O)C(=C)F)C(CC#N)C2)c1CCC)=C(/C)Cl. The van der Waals surface area contributed by atoms with E-state index < -0.39 is 17.8 Å². The molecule has 36 heavy (non-hydrogen) atoms. The summed E-state index contributed by atoms with van der Waals surface area (Å²) in [6.07, 6.45) is 9.62. The van der Waals surface area contributed by atoms with Gasteiger partial charge in [0.25, 0.3) is 5.91 Å². The van der Waals surface area contributed by atoms with Crippen LogP contribution in [0.4, 0.5) is 10.2 Å². The van der Waals surface area contributed by atoms with Crippen molar-refractivity contribution in [2.45, 2.75) is 58.4 Å². The van der Waals surface area contributed by atoms with Crippen LogP contribution in [0.2, 0.25) is 0 Å². The fraction of sp³-hybridized carbons (Fsp3) is 0.481. The Labute approximate surface area is 218 Å². The number of halogens is 2. The molecule has 1 aromatic rings. The fourth-order valence-corrected chi connectivity index (χ4v) is 4.47. The van der Waals surface area contributed by atoms with Gasteiger partial charge < -0.3 is 14.5 Å². The molecule has 0 aromatic carbocycles. The topological polar surface area (TPSA) is 82.4 Å². The van der Waals surface area contributed by atoms with Crippen LogP contribution in [0.15, 0.2) is 47.8 Å². The minimum Gasteiger partial charge on any atom is -0.467 e. The Hall–Kier alpha value is -3.18. The molecule has 1 aliphatic rings. The molecule has 1 unspecified atom stereocenters. The predicted molar refractivity (Wildman–Crippen MR) is 142 cm³/mol. The Bertz CT molecular complexity index is 1060. The van der Waals surface area contributed by atoms with Gasteiger partial charge in [-0.25, -0.2) is 4.39 Å². The first-order valence-electron chi connectivity index (χ1n) is 12.1. The molecule has 9 heteroatoms. The number of aromatic nitrogens is 2. The molecule has 0 aliphatic carbocycles. The molecule has 2 rings (SSSR count). The first-order valence-corrected chi connectivity index (χ1v) is 12.5. The highest BCUT2D eigenvalue weighted by Crippen LogP contribution is 2.30. The third-order valence-electron chi connectivity index (χ3n) is 6.07.